The minimum Gasteiger partial charge on any atom is -0.497 e. The van der Waals surface area contributed by atoms with Gasteiger partial charge in [0.2, 0.25) is 0 Å². The number of ether oxygens (including phenoxy) is 1. The number of sulfonamides is 1. The number of hydrogen-bond donors (Lipinski definition) is 2. The summed E-state index contributed by atoms with van der Waals surface area (Å²) < 4.78 is 38.0. The lowest BCUT2D eigenvalue weighted by atomic mass is 9.92. The maximum Gasteiger partial charge on any atom is 0.263 e. The fraction of sp³-hybridized carbons (Fsp3) is 0.235. The molecule has 132 valence electrons. The predicted octanol–water partition coefficient (Wildman–Crippen LogP) is 2.94. The Morgan fingerprint density at radius 2 is 2.04 bits per heavy atom. The lowest BCUT2D eigenvalue weighted by molar-refractivity contribution is 0.303. The van der Waals surface area contributed by atoms with Gasteiger partial charge in [0.25, 0.3) is 10.0 Å². The molecule has 2 aromatic rings. The highest BCUT2D eigenvalue weighted by Crippen LogP contribution is 2.35. The normalized spacial score (nSPS) is 17.2. The van der Waals surface area contributed by atoms with E-state index in [4.69, 9.17) is 15.0 Å². The molecule has 1 heterocycles. The van der Waals surface area contributed by atoms with Crippen molar-refractivity contribution in [2.24, 2.45) is 0 Å². The van der Waals surface area contributed by atoms with Crippen molar-refractivity contribution in [2.75, 3.05) is 17.6 Å². The zero-order valence-electron chi connectivity index (χ0n) is 13.9. The fourth-order valence-corrected chi connectivity index (χ4v) is 3.70. The third-order valence-corrected chi connectivity index (χ3v) is 5.36. The molecule has 1 unspecified atom stereocenters. The Morgan fingerprint density at radius 3 is 2.64 bits per heavy atom. The Morgan fingerprint density at radius 1 is 1.32 bits per heavy atom. The highest BCUT2D eigenvalue weighted by atomic mass is 32.2. The van der Waals surface area contributed by atoms with Gasteiger partial charge in [-0.2, -0.15) is 0 Å². The number of hydrogen-bond acceptors (Lipinski definition) is 6. The number of anilines is 2. The Bertz CT molecular complexity index is 927. The summed E-state index contributed by atoms with van der Waals surface area (Å²) in [6.07, 6.45) is 6.39. The van der Waals surface area contributed by atoms with Crippen molar-refractivity contribution in [3.05, 3.63) is 59.6 Å². The highest BCUT2D eigenvalue weighted by Gasteiger charge is 2.25. The smallest absolute Gasteiger partial charge is 0.263 e. The first-order chi connectivity index (χ1) is 11.9. The Balaban J connectivity index is 1.88. The highest BCUT2D eigenvalue weighted by molar-refractivity contribution is 7.92. The molecule has 8 heteroatoms. The van der Waals surface area contributed by atoms with E-state index in [1.165, 1.54) is 24.3 Å². The van der Waals surface area contributed by atoms with Gasteiger partial charge in [-0.05, 0) is 49.8 Å². The zero-order chi connectivity index (χ0) is 18.0. The molecule has 0 saturated carbocycles. The van der Waals surface area contributed by atoms with Crippen molar-refractivity contribution in [1.29, 1.82) is 0 Å². The van der Waals surface area contributed by atoms with E-state index in [1.54, 1.807) is 14.0 Å². The molecule has 1 atom stereocenters. The number of nitrogens with zero attached hydrogens (tertiary/aromatic N) is 1. The van der Waals surface area contributed by atoms with Crippen LogP contribution in [-0.4, -0.2) is 20.7 Å². The minimum atomic E-state index is -3.79. The van der Waals surface area contributed by atoms with Crippen LogP contribution in [0.1, 0.15) is 23.7 Å². The van der Waals surface area contributed by atoms with Gasteiger partial charge < -0.3 is 15.0 Å². The van der Waals surface area contributed by atoms with Crippen LogP contribution in [0.4, 0.5) is 11.5 Å². The van der Waals surface area contributed by atoms with Crippen molar-refractivity contribution in [3.8, 4) is 0 Å². The van der Waals surface area contributed by atoms with E-state index in [0.717, 1.165) is 5.76 Å². The summed E-state index contributed by atoms with van der Waals surface area (Å²) in [4.78, 5) is 0.106. The lowest BCUT2D eigenvalue weighted by Gasteiger charge is -2.16. The molecule has 1 aliphatic carbocycles. The molecule has 0 amide bonds. The summed E-state index contributed by atoms with van der Waals surface area (Å²) in [5.41, 5.74) is 6.80. The number of allylic oxidation sites excluding steroid dienone is 3. The van der Waals surface area contributed by atoms with Gasteiger partial charge in [-0.25, -0.2) is 8.42 Å². The molecule has 1 aliphatic rings. The quantitative estimate of drug-likeness (QED) is 0.793. The van der Waals surface area contributed by atoms with Crippen LogP contribution in [0.2, 0.25) is 0 Å². The summed E-state index contributed by atoms with van der Waals surface area (Å²) in [5.74, 6) is 1.49. The molecule has 0 fully saturated rings. The first-order valence-corrected chi connectivity index (χ1v) is 9.16. The molecule has 0 radical (unpaired) electrons. The monoisotopic (exact) mass is 361 g/mol. The number of aromatic nitrogens is 1. The molecule has 0 saturated heterocycles. The van der Waals surface area contributed by atoms with Gasteiger partial charge in [0, 0.05) is 17.2 Å². The van der Waals surface area contributed by atoms with Gasteiger partial charge in [0.15, 0.2) is 5.82 Å². The maximum atomic E-state index is 12.6. The first-order valence-electron chi connectivity index (χ1n) is 7.67. The molecule has 0 spiro atoms. The predicted molar refractivity (Wildman–Crippen MR) is 94.5 cm³/mol. The van der Waals surface area contributed by atoms with Crippen molar-refractivity contribution in [1.82, 2.24) is 5.16 Å². The molecule has 0 bridgehead atoms. The zero-order valence-corrected chi connectivity index (χ0v) is 14.7. The molecular formula is C17H19N3O4S. The molecule has 1 aromatic heterocycles. The van der Waals surface area contributed by atoms with Gasteiger partial charge in [0.05, 0.1) is 12.0 Å². The molecule has 25 heavy (non-hydrogen) atoms. The molecule has 0 aliphatic heterocycles. The van der Waals surface area contributed by atoms with Gasteiger partial charge in [0.1, 0.15) is 11.5 Å². The van der Waals surface area contributed by atoms with Crippen LogP contribution in [0.3, 0.4) is 0 Å². The van der Waals surface area contributed by atoms with Crippen molar-refractivity contribution in [2.45, 2.75) is 24.2 Å². The molecule has 3 N–H and O–H groups in total. The van der Waals surface area contributed by atoms with Crippen LogP contribution < -0.4 is 10.5 Å². The number of nitrogen functional groups attached to an aromatic ring is 1. The average Bonchev–Trinajstić information content (AvgIpc) is 2.95. The van der Waals surface area contributed by atoms with E-state index < -0.39 is 10.0 Å². The van der Waals surface area contributed by atoms with Crippen LogP contribution in [0.5, 0.6) is 0 Å². The van der Waals surface area contributed by atoms with Gasteiger partial charge in [-0.15, -0.1) is 0 Å². The van der Waals surface area contributed by atoms with E-state index in [2.05, 4.69) is 9.88 Å². The standard InChI is InChI=1S/C17H19N3O4S/c1-11-16(12-3-7-14(23-2)8-4-12)17(19-24-11)20-25(21,22)15-9-5-13(18)6-10-15/h3,5-10,12H,4,18H2,1-2H3,(H,19,20). The number of aryl methyl sites for hydroxylation is 1. The lowest BCUT2D eigenvalue weighted by Crippen LogP contribution is -2.15. The van der Waals surface area contributed by atoms with Crippen molar-refractivity contribution >= 4 is 21.5 Å². The van der Waals surface area contributed by atoms with Crippen LogP contribution in [0.15, 0.2) is 57.7 Å². The molecular weight excluding hydrogens is 342 g/mol. The third kappa shape index (κ3) is 3.53. The number of nitrogens with one attached hydrogen (secondary N) is 1. The van der Waals surface area contributed by atoms with Crippen LogP contribution in [-0.2, 0) is 14.8 Å². The van der Waals surface area contributed by atoms with Gasteiger partial charge in [-0.1, -0.05) is 11.2 Å². The summed E-state index contributed by atoms with van der Waals surface area (Å²) >= 11 is 0. The largest absolute Gasteiger partial charge is 0.497 e. The van der Waals surface area contributed by atoms with E-state index in [1.807, 2.05) is 18.2 Å². The number of nitrogens with two attached hydrogens (primary N) is 1. The average molecular weight is 361 g/mol. The minimum absolute atomic E-state index is 0.0470. The van der Waals surface area contributed by atoms with E-state index in [9.17, 15) is 8.42 Å². The SMILES string of the molecule is COC1=CCC(c2c(NS(=O)(=O)c3ccc(N)cc3)noc2C)C=C1. The second-order valence-electron chi connectivity index (χ2n) is 5.69. The Kier molecular flexibility index (Phi) is 4.54. The van der Waals surface area contributed by atoms with Crippen LogP contribution in [0.25, 0.3) is 0 Å². The second kappa shape index (κ2) is 6.64. The van der Waals surface area contributed by atoms with Crippen LogP contribution >= 0.6 is 0 Å². The number of benzene rings is 1. The van der Waals surface area contributed by atoms with Crippen LogP contribution in [0, 0.1) is 6.92 Å². The Labute approximate surface area is 146 Å². The second-order valence-corrected chi connectivity index (χ2v) is 7.37. The third-order valence-electron chi connectivity index (χ3n) is 4.00. The van der Waals surface area contributed by atoms with Crippen molar-refractivity contribution < 1.29 is 17.7 Å². The van der Waals surface area contributed by atoms with E-state index in [-0.39, 0.29) is 16.6 Å². The molecule has 3 rings (SSSR count). The fourth-order valence-electron chi connectivity index (χ4n) is 2.69. The first kappa shape index (κ1) is 17.1. The maximum absolute atomic E-state index is 12.6. The van der Waals surface area contributed by atoms with Crippen molar-refractivity contribution in [3.63, 3.8) is 0 Å². The summed E-state index contributed by atoms with van der Waals surface area (Å²) in [6, 6.07) is 5.95. The molecule has 7 nitrogen and oxygen atoms in total. The Hall–Kier alpha value is -2.74. The number of methoxy groups -OCH3 is 1. The topological polar surface area (TPSA) is 107 Å². The summed E-state index contributed by atoms with van der Waals surface area (Å²) in [5, 5.41) is 3.88. The molecule has 1 aromatic carbocycles. The summed E-state index contributed by atoms with van der Waals surface area (Å²) in [7, 11) is -2.18. The van der Waals surface area contributed by atoms with E-state index >= 15 is 0 Å². The summed E-state index contributed by atoms with van der Waals surface area (Å²) in [6.45, 7) is 1.76. The van der Waals surface area contributed by atoms with Gasteiger partial charge >= 0.3 is 0 Å². The van der Waals surface area contributed by atoms with E-state index in [0.29, 0.717) is 23.4 Å². The number of rotatable bonds is 5. The van der Waals surface area contributed by atoms with Gasteiger partial charge in [-0.3, -0.25) is 4.72 Å².